The van der Waals surface area contributed by atoms with Gasteiger partial charge in [-0.15, -0.1) is 0 Å². The molecule has 4 heteroatoms. The van der Waals surface area contributed by atoms with Crippen molar-refractivity contribution in [3.05, 3.63) is 0 Å². The fraction of sp³-hybridized carbons (Fsp3) is 1.00. The van der Waals surface area contributed by atoms with Crippen molar-refractivity contribution in [1.29, 1.82) is 0 Å². The summed E-state index contributed by atoms with van der Waals surface area (Å²) in [6, 6.07) is 0.497. The summed E-state index contributed by atoms with van der Waals surface area (Å²) in [6.45, 7) is 0.536. The van der Waals surface area contributed by atoms with Gasteiger partial charge in [-0.3, -0.25) is 0 Å². The first-order valence-corrected chi connectivity index (χ1v) is 4.19. The molecule has 1 aliphatic rings. The van der Waals surface area contributed by atoms with E-state index in [0.717, 1.165) is 13.0 Å². The van der Waals surface area contributed by atoms with E-state index >= 15 is 0 Å². The van der Waals surface area contributed by atoms with Crippen molar-refractivity contribution in [3.63, 3.8) is 0 Å². The molecule has 0 aliphatic carbocycles. The lowest BCUT2D eigenvalue weighted by Gasteiger charge is -2.12. The molecule has 0 aromatic rings. The molecule has 1 heterocycles. The lowest BCUT2D eigenvalue weighted by atomic mass is 10.1. The van der Waals surface area contributed by atoms with Crippen LogP contribution in [0.3, 0.4) is 0 Å². The fourth-order valence-electron chi connectivity index (χ4n) is 1.65. The summed E-state index contributed by atoms with van der Waals surface area (Å²) >= 11 is 0. The minimum absolute atomic E-state index is 0.187. The molecule has 0 radical (unpaired) electrons. The minimum atomic E-state index is -2.62. The SMILES string of the molecule is C[C@@H]1CC(COC(F)F)CN1C. The highest BCUT2D eigenvalue weighted by molar-refractivity contribution is 4.79. The van der Waals surface area contributed by atoms with Crippen LogP contribution in [0, 0.1) is 5.92 Å². The molecule has 1 rings (SSSR count). The van der Waals surface area contributed by atoms with Crippen LogP contribution in [0.25, 0.3) is 0 Å². The van der Waals surface area contributed by atoms with Gasteiger partial charge < -0.3 is 9.64 Å². The molecule has 1 fully saturated rings. The molecule has 0 spiro atoms. The van der Waals surface area contributed by atoms with Crippen molar-refractivity contribution in [1.82, 2.24) is 4.90 Å². The lowest BCUT2D eigenvalue weighted by molar-refractivity contribution is -0.137. The number of hydrogen-bond acceptors (Lipinski definition) is 2. The van der Waals surface area contributed by atoms with E-state index in [1.54, 1.807) is 0 Å². The van der Waals surface area contributed by atoms with Crippen molar-refractivity contribution >= 4 is 0 Å². The van der Waals surface area contributed by atoms with E-state index in [1.165, 1.54) is 0 Å². The van der Waals surface area contributed by atoms with E-state index in [9.17, 15) is 8.78 Å². The number of halogens is 2. The van der Waals surface area contributed by atoms with Gasteiger partial charge in [0.05, 0.1) is 6.61 Å². The zero-order chi connectivity index (χ0) is 9.14. The zero-order valence-electron chi connectivity index (χ0n) is 7.46. The molecule has 2 atom stereocenters. The van der Waals surface area contributed by atoms with Gasteiger partial charge in [0.25, 0.3) is 0 Å². The summed E-state index contributed by atoms with van der Waals surface area (Å²) in [5.74, 6) is 0.277. The molecule has 0 aromatic carbocycles. The maximum Gasteiger partial charge on any atom is 0.345 e. The van der Waals surface area contributed by atoms with Gasteiger partial charge in [-0.2, -0.15) is 8.78 Å². The van der Waals surface area contributed by atoms with Gasteiger partial charge in [0.1, 0.15) is 0 Å². The maximum absolute atomic E-state index is 11.6. The molecule has 0 N–H and O–H groups in total. The quantitative estimate of drug-likeness (QED) is 0.652. The second kappa shape index (κ2) is 4.14. The Labute approximate surface area is 71.5 Å². The minimum Gasteiger partial charge on any atom is -0.323 e. The van der Waals surface area contributed by atoms with Crippen LogP contribution < -0.4 is 0 Å². The van der Waals surface area contributed by atoms with Crippen molar-refractivity contribution in [2.45, 2.75) is 26.0 Å². The molecule has 0 amide bonds. The number of hydrogen-bond donors (Lipinski definition) is 0. The van der Waals surface area contributed by atoms with Gasteiger partial charge in [-0.1, -0.05) is 0 Å². The first kappa shape index (κ1) is 9.86. The van der Waals surface area contributed by atoms with E-state index in [1.807, 2.05) is 7.05 Å². The first-order valence-electron chi connectivity index (χ1n) is 4.19. The largest absolute Gasteiger partial charge is 0.345 e. The van der Waals surface area contributed by atoms with Crippen molar-refractivity contribution < 1.29 is 13.5 Å². The number of ether oxygens (including phenoxy) is 1. The highest BCUT2D eigenvalue weighted by Gasteiger charge is 2.26. The van der Waals surface area contributed by atoms with E-state index in [0.29, 0.717) is 6.04 Å². The third-order valence-electron chi connectivity index (χ3n) is 2.43. The van der Waals surface area contributed by atoms with Crippen LogP contribution in [0.15, 0.2) is 0 Å². The van der Waals surface area contributed by atoms with Gasteiger partial charge in [0.15, 0.2) is 0 Å². The molecule has 72 valence electrons. The molecular weight excluding hydrogens is 164 g/mol. The fourth-order valence-corrected chi connectivity index (χ4v) is 1.65. The molecule has 0 saturated carbocycles. The Morgan fingerprint density at radius 1 is 1.58 bits per heavy atom. The van der Waals surface area contributed by atoms with Crippen LogP contribution in [0.2, 0.25) is 0 Å². The molecule has 1 aliphatic heterocycles. The van der Waals surface area contributed by atoms with E-state index < -0.39 is 6.61 Å². The monoisotopic (exact) mass is 179 g/mol. The number of nitrogens with zero attached hydrogens (tertiary/aromatic N) is 1. The number of alkyl halides is 2. The molecule has 2 nitrogen and oxygen atoms in total. The summed E-state index contributed by atoms with van der Waals surface area (Å²) in [5, 5.41) is 0. The molecule has 0 aromatic heterocycles. The number of likely N-dealkylation sites (tertiary alicyclic amines) is 1. The summed E-state index contributed by atoms with van der Waals surface area (Å²) in [7, 11) is 2.01. The van der Waals surface area contributed by atoms with Crippen molar-refractivity contribution in [3.8, 4) is 0 Å². The summed E-state index contributed by atoms with van der Waals surface area (Å²) in [6.07, 6.45) is 0.962. The lowest BCUT2D eigenvalue weighted by Crippen LogP contribution is -2.22. The molecule has 12 heavy (non-hydrogen) atoms. The molecular formula is C8H15F2NO. The second-order valence-electron chi connectivity index (χ2n) is 3.48. The highest BCUT2D eigenvalue weighted by atomic mass is 19.3. The highest BCUT2D eigenvalue weighted by Crippen LogP contribution is 2.21. The van der Waals surface area contributed by atoms with Gasteiger partial charge in [0, 0.05) is 12.6 Å². The summed E-state index contributed by atoms with van der Waals surface area (Å²) < 4.78 is 27.6. The van der Waals surface area contributed by atoms with Crippen molar-refractivity contribution in [2.24, 2.45) is 5.92 Å². The standard InChI is InChI=1S/C8H15F2NO/c1-6-3-7(4-11(6)2)5-12-8(9)10/h6-8H,3-5H2,1-2H3/t6-,7?/m1/s1. The Morgan fingerprint density at radius 2 is 2.25 bits per heavy atom. The smallest absolute Gasteiger partial charge is 0.323 e. The Balaban J connectivity index is 2.19. The number of rotatable bonds is 3. The molecule has 0 bridgehead atoms. The van der Waals surface area contributed by atoms with Crippen LogP contribution in [0.1, 0.15) is 13.3 Å². The van der Waals surface area contributed by atoms with Crippen molar-refractivity contribution in [2.75, 3.05) is 20.2 Å². The Bertz CT molecular complexity index is 133. The summed E-state index contributed by atoms with van der Waals surface area (Å²) in [5.41, 5.74) is 0. The van der Waals surface area contributed by atoms with E-state index in [2.05, 4.69) is 16.6 Å². The van der Waals surface area contributed by atoms with Crippen LogP contribution in [-0.4, -0.2) is 37.8 Å². The Morgan fingerprint density at radius 3 is 2.67 bits per heavy atom. The van der Waals surface area contributed by atoms with Crippen LogP contribution in [0.5, 0.6) is 0 Å². The van der Waals surface area contributed by atoms with E-state index in [-0.39, 0.29) is 12.5 Å². The normalized spacial score (nSPS) is 31.8. The molecule has 1 saturated heterocycles. The van der Waals surface area contributed by atoms with Crippen LogP contribution in [0.4, 0.5) is 8.78 Å². The van der Waals surface area contributed by atoms with Gasteiger partial charge in [-0.25, -0.2) is 0 Å². The third-order valence-corrected chi connectivity index (χ3v) is 2.43. The average Bonchev–Trinajstić information content (AvgIpc) is 2.28. The van der Waals surface area contributed by atoms with Gasteiger partial charge >= 0.3 is 6.61 Å². The van der Waals surface area contributed by atoms with Gasteiger partial charge in [-0.05, 0) is 26.3 Å². The Kier molecular flexibility index (Phi) is 3.40. The van der Waals surface area contributed by atoms with Crippen LogP contribution >= 0.6 is 0 Å². The third kappa shape index (κ3) is 2.68. The zero-order valence-corrected chi connectivity index (χ0v) is 7.46. The van der Waals surface area contributed by atoms with Crippen LogP contribution in [-0.2, 0) is 4.74 Å². The topological polar surface area (TPSA) is 12.5 Å². The predicted octanol–water partition coefficient (Wildman–Crippen LogP) is 1.57. The summed E-state index contributed by atoms with van der Waals surface area (Å²) in [4.78, 5) is 2.17. The van der Waals surface area contributed by atoms with Gasteiger partial charge in [0.2, 0.25) is 0 Å². The predicted molar refractivity (Wildman–Crippen MR) is 42.2 cm³/mol. The maximum atomic E-state index is 11.6. The van der Waals surface area contributed by atoms with E-state index in [4.69, 9.17) is 0 Å². The molecule has 1 unspecified atom stereocenters. The average molecular weight is 179 g/mol. The second-order valence-corrected chi connectivity index (χ2v) is 3.48. The first-order chi connectivity index (χ1) is 5.59. The Hall–Kier alpha value is -0.220.